The normalized spacial score (nSPS) is 24.9. The molecular formula is C25H30N2O3S. The summed E-state index contributed by atoms with van der Waals surface area (Å²) in [6, 6.07) is 7.55. The van der Waals surface area contributed by atoms with Crippen LogP contribution in [0.1, 0.15) is 56.1 Å². The van der Waals surface area contributed by atoms with Gasteiger partial charge < -0.3 is 15.0 Å². The van der Waals surface area contributed by atoms with Crippen LogP contribution in [-0.2, 0) is 20.8 Å². The molecule has 3 atom stereocenters. The van der Waals surface area contributed by atoms with Crippen LogP contribution in [0, 0.1) is 5.92 Å². The smallest absolute Gasteiger partial charge is 0.223 e. The van der Waals surface area contributed by atoms with Gasteiger partial charge in [-0.3, -0.25) is 9.59 Å². The van der Waals surface area contributed by atoms with Crippen molar-refractivity contribution in [1.82, 2.24) is 10.2 Å². The minimum atomic E-state index is -0.574. The average Bonchev–Trinajstić information content (AvgIpc) is 3.50. The van der Waals surface area contributed by atoms with Gasteiger partial charge in [0.2, 0.25) is 5.91 Å². The molecule has 0 radical (unpaired) electrons. The van der Waals surface area contributed by atoms with E-state index in [2.05, 4.69) is 35.7 Å². The van der Waals surface area contributed by atoms with Crippen molar-refractivity contribution in [3.63, 3.8) is 0 Å². The second-order valence-electron chi connectivity index (χ2n) is 8.87. The SMILES string of the molecule is O=C[C@H]1NCC(=S)C1C(=O)[C@@H]1CCCN1C(=O)CCCCCC1=Cc2ccccc2C1. The van der Waals surface area contributed by atoms with E-state index in [9.17, 15) is 14.4 Å². The number of nitrogens with one attached hydrogen (secondary N) is 1. The number of unbranched alkanes of at least 4 members (excludes halogenated alkanes) is 2. The van der Waals surface area contributed by atoms with Crippen LogP contribution in [0.15, 0.2) is 29.8 Å². The van der Waals surface area contributed by atoms with Crippen molar-refractivity contribution in [2.24, 2.45) is 5.92 Å². The predicted molar refractivity (Wildman–Crippen MR) is 125 cm³/mol. The summed E-state index contributed by atoms with van der Waals surface area (Å²) in [5, 5.41) is 2.99. The van der Waals surface area contributed by atoms with Crippen molar-refractivity contribution in [3.8, 4) is 0 Å². The van der Waals surface area contributed by atoms with E-state index in [1.165, 1.54) is 16.7 Å². The number of carbonyl (C=O) groups is 3. The molecule has 1 unspecified atom stereocenters. The van der Waals surface area contributed by atoms with Gasteiger partial charge in [-0.05, 0) is 49.7 Å². The number of allylic oxidation sites excluding steroid dienone is 1. The zero-order valence-corrected chi connectivity index (χ0v) is 18.7. The van der Waals surface area contributed by atoms with Crippen LogP contribution in [-0.4, -0.2) is 52.9 Å². The minimum absolute atomic E-state index is 0.0582. The lowest BCUT2D eigenvalue weighted by Gasteiger charge is -2.27. The fraction of sp³-hybridized carbons (Fsp3) is 0.520. The standard InChI is InChI=1S/C25H30N2O3S/c28-16-20-24(22(31)15-26-20)25(30)21-10-6-12-27(21)23(29)11-3-1-2-7-17-13-18-8-4-5-9-19(18)14-17/h4-5,8-9,13,16,20-21,24,26H,1-3,6-7,10-12,14-15H2/t20-,21+,24?/m1/s1. The summed E-state index contributed by atoms with van der Waals surface area (Å²) < 4.78 is 0. The molecule has 1 aromatic carbocycles. The lowest BCUT2D eigenvalue weighted by Crippen LogP contribution is -2.47. The molecule has 1 aliphatic carbocycles. The maximum absolute atomic E-state index is 13.1. The molecule has 1 amide bonds. The summed E-state index contributed by atoms with van der Waals surface area (Å²) >= 11 is 5.32. The quantitative estimate of drug-likeness (QED) is 0.364. The van der Waals surface area contributed by atoms with E-state index in [-0.39, 0.29) is 11.7 Å². The second kappa shape index (κ2) is 9.96. The van der Waals surface area contributed by atoms with Crippen LogP contribution in [0.3, 0.4) is 0 Å². The Morgan fingerprint density at radius 1 is 1.19 bits per heavy atom. The Morgan fingerprint density at radius 3 is 2.84 bits per heavy atom. The van der Waals surface area contributed by atoms with Crippen LogP contribution >= 0.6 is 12.2 Å². The van der Waals surface area contributed by atoms with Gasteiger partial charge in [-0.2, -0.15) is 0 Å². The summed E-state index contributed by atoms with van der Waals surface area (Å²) in [7, 11) is 0. The molecule has 1 N–H and O–H groups in total. The third-order valence-electron chi connectivity index (χ3n) is 6.79. The van der Waals surface area contributed by atoms with Gasteiger partial charge in [0.1, 0.15) is 6.29 Å². The van der Waals surface area contributed by atoms with Gasteiger partial charge in [-0.1, -0.05) is 54.6 Å². The summed E-state index contributed by atoms with van der Waals surface area (Å²) in [6.07, 6.45) is 10.1. The van der Waals surface area contributed by atoms with Crippen LogP contribution in [0.2, 0.25) is 0 Å². The Balaban J connectivity index is 1.22. The number of hydrogen-bond donors (Lipinski definition) is 1. The van der Waals surface area contributed by atoms with Gasteiger partial charge in [0.25, 0.3) is 0 Å². The molecule has 2 fully saturated rings. The van der Waals surface area contributed by atoms with Gasteiger partial charge in [-0.25, -0.2) is 0 Å². The highest BCUT2D eigenvalue weighted by atomic mass is 32.1. The van der Waals surface area contributed by atoms with E-state index in [0.717, 1.165) is 44.8 Å². The van der Waals surface area contributed by atoms with E-state index in [1.54, 1.807) is 4.90 Å². The van der Waals surface area contributed by atoms with Crippen molar-refractivity contribution < 1.29 is 14.4 Å². The molecule has 1 aromatic rings. The summed E-state index contributed by atoms with van der Waals surface area (Å²) in [6.45, 7) is 1.04. The number of amides is 1. The van der Waals surface area contributed by atoms with Crippen molar-refractivity contribution in [3.05, 3.63) is 41.0 Å². The van der Waals surface area contributed by atoms with Crippen LogP contribution in [0.4, 0.5) is 0 Å². The summed E-state index contributed by atoms with van der Waals surface area (Å²) in [4.78, 5) is 39.5. The molecular weight excluding hydrogens is 408 g/mol. The Kier molecular flexibility index (Phi) is 7.08. The van der Waals surface area contributed by atoms with Crippen LogP contribution in [0.25, 0.3) is 6.08 Å². The molecule has 2 aliphatic heterocycles. The zero-order valence-electron chi connectivity index (χ0n) is 17.8. The van der Waals surface area contributed by atoms with Crippen molar-refractivity contribution >= 4 is 41.1 Å². The fourth-order valence-electron chi connectivity index (χ4n) is 5.14. The Hall–Kier alpha value is -2.18. The van der Waals surface area contributed by atoms with Gasteiger partial charge in [0.05, 0.1) is 18.0 Å². The third kappa shape index (κ3) is 4.85. The number of nitrogens with zero attached hydrogens (tertiary/aromatic N) is 1. The number of aldehydes is 1. The van der Waals surface area contributed by atoms with Gasteiger partial charge >= 0.3 is 0 Å². The second-order valence-corrected chi connectivity index (χ2v) is 9.40. The predicted octanol–water partition coefficient (Wildman–Crippen LogP) is 3.29. The van der Waals surface area contributed by atoms with E-state index >= 15 is 0 Å². The zero-order chi connectivity index (χ0) is 21.8. The lowest BCUT2D eigenvalue weighted by molar-refractivity contribution is -0.138. The van der Waals surface area contributed by atoms with Gasteiger partial charge in [0, 0.05) is 24.4 Å². The largest absolute Gasteiger partial charge is 0.333 e. The number of rotatable bonds is 9. The van der Waals surface area contributed by atoms with E-state index in [0.29, 0.717) is 30.8 Å². The molecule has 3 aliphatic rings. The molecule has 4 rings (SSSR count). The molecule has 0 spiro atoms. The first kappa shape index (κ1) is 22.0. The molecule has 6 heteroatoms. The summed E-state index contributed by atoms with van der Waals surface area (Å²) in [5.41, 5.74) is 4.22. The third-order valence-corrected chi connectivity index (χ3v) is 7.19. The van der Waals surface area contributed by atoms with Crippen LogP contribution in [0.5, 0.6) is 0 Å². The number of likely N-dealkylation sites (tertiary alicyclic amines) is 1. The summed E-state index contributed by atoms with van der Waals surface area (Å²) in [5.74, 6) is -0.580. The van der Waals surface area contributed by atoms with Gasteiger partial charge in [0.15, 0.2) is 5.78 Å². The first-order chi connectivity index (χ1) is 15.1. The molecule has 2 saturated heterocycles. The monoisotopic (exact) mass is 438 g/mol. The molecule has 0 bridgehead atoms. The lowest BCUT2D eigenvalue weighted by atomic mass is 9.90. The minimum Gasteiger partial charge on any atom is -0.333 e. The molecule has 164 valence electrons. The topological polar surface area (TPSA) is 66.5 Å². The number of thiocarbonyl (C=S) groups is 1. The van der Waals surface area contributed by atoms with E-state index in [1.807, 2.05) is 0 Å². The van der Waals surface area contributed by atoms with E-state index < -0.39 is 18.0 Å². The highest BCUT2D eigenvalue weighted by Gasteiger charge is 2.43. The number of ketones is 1. The van der Waals surface area contributed by atoms with Crippen molar-refractivity contribution in [2.75, 3.05) is 13.1 Å². The number of Topliss-reactive ketones (excluding diaryl/α,β-unsaturated/α-hetero) is 1. The van der Waals surface area contributed by atoms with E-state index in [4.69, 9.17) is 12.2 Å². The number of hydrogen-bond acceptors (Lipinski definition) is 5. The highest BCUT2D eigenvalue weighted by Crippen LogP contribution is 2.29. The number of fused-ring (bicyclic) bond motifs is 1. The number of benzene rings is 1. The molecule has 0 saturated carbocycles. The highest BCUT2D eigenvalue weighted by molar-refractivity contribution is 7.80. The Bertz CT molecular complexity index is 910. The van der Waals surface area contributed by atoms with Crippen LogP contribution < -0.4 is 5.32 Å². The maximum Gasteiger partial charge on any atom is 0.223 e. The Labute approximate surface area is 189 Å². The molecule has 31 heavy (non-hydrogen) atoms. The molecule has 5 nitrogen and oxygen atoms in total. The van der Waals surface area contributed by atoms with Crippen molar-refractivity contribution in [1.29, 1.82) is 0 Å². The fourth-order valence-corrected chi connectivity index (χ4v) is 5.48. The molecule has 0 aromatic heterocycles. The first-order valence-electron chi connectivity index (χ1n) is 11.4. The van der Waals surface area contributed by atoms with Crippen molar-refractivity contribution in [2.45, 2.75) is 63.5 Å². The Morgan fingerprint density at radius 2 is 2.03 bits per heavy atom. The molecule has 2 heterocycles. The first-order valence-corrected chi connectivity index (χ1v) is 11.8. The average molecular weight is 439 g/mol. The maximum atomic E-state index is 13.1. The number of carbonyl (C=O) groups excluding carboxylic acids is 3. The van der Waals surface area contributed by atoms with Gasteiger partial charge in [-0.15, -0.1) is 0 Å².